The second kappa shape index (κ2) is 4.72. The van der Waals surface area contributed by atoms with Crippen LogP contribution in [0.4, 0.5) is 4.39 Å². The van der Waals surface area contributed by atoms with Crippen LogP contribution in [0.3, 0.4) is 0 Å². The van der Waals surface area contributed by atoms with Crippen LogP contribution in [-0.2, 0) is 0 Å². The van der Waals surface area contributed by atoms with Crippen molar-refractivity contribution < 1.29 is 9.13 Å². The molecule has 1 aliphatic rings. The Bertz CT molecular complexity index is 402. The van der Waals surface area contributed by atoms with Crippen molar-refractivity contribution in [1.82, 2.24) is 5.32 Å². The molecule has 1 fully saturated rings. The average Bonchev–Trinajstić information content (AvgIpc) is 2.79. The summed E-state index contributed by atoms with van der Waals surface area (Å²) >= 11 is 3.25. The van der Waals surface area contributed by atoms with Gasteiger partial charge in [0.1, 0.15) is 11.6 Å². The van der Waals surface area contributed by atoms with Crippen molar-refractivity contribution in [2.24, 2.45) is 0 Å². The number of hydrogen-bond acceptors (Lipinski definition) is 2. The predicted molar refractivity (Wildman–Crippen MR) is 65.4 cm³/mol. The fraction of sp³-hybridized carbons (Fsp3) is 0.500. The first-order chi connectivity index (χ1) is 7.65. The molecule has 1 unspecified atom stereocenters. The van der Waals surface area contributed by atoms with E-state index in [-0.39, 0.29) is 11.9 Å². The van der Waals surface area contributed by atoms with Gasteiger partial charge in [0.25, 0.3) is 0 Å². The van der Waals surface area contributed by atoms with Crippen molar-refractivity contribution in [2.45, 2.75) is 25.8 Å². The van der Waals surface area contributed by atoms with Crippen molar-refractivity contribution in [3.63, 3.8) is 0 Å². The lowest BCUT2D eigenvalue weighted by Crippen LogP contribution is -2.14. The third kappa shape index (κ3) is 1.96. The van der Waals surface area contributed by atoms with E-state index in [1.165, 1.54) is 0 Å². The Balaban J connectivity index is 2.50. The largest absolute Gasteiger partial charge is 0.496 e. The van der Waals surface area contributed by atoms with Gasteiger partial charge in [-0.1, -0.05) is 0 Å². The molecule has 88 valence electrons. The molecule has 0 saturated carbocycles. The van der Waals surface area contributed by atoms with Crippen molar-refractivity contribution in [3.8, 4) is 5.75 Å². The van der Waals surface area contributed by atoms with E-state index in [0.29, 0.717) is 15.8 Å². The smallest absolute Gasteiger partial charge is 0.143 e. The van der Waals surface area contributed by atoms with Crippen molar-refractivity contribution in [2.75, 3.05) is 13.7 Å². The molecule has 1 N–H and O–H groups in total. The molecule has 1 aliphatic heterocycles. The highest BCUT2D eigenvalue weighted by Crippen LogP contribution is 2.37. The number of methoxy groups -OCH3 is 1. The van der Waals surface area contributed by atoms with Crippen molar-refractivity contribution in [3.05, 3.63) is 27.5 Å². The highest BCUT2D eigenvalue weighted by atomic mass is 79.9. The molecule has 0 aromatic heterocycles. The van der Waals surface area contributed by atoms with Gasteiger partial charge in [-0.3, -0.25) is 0 Å². The topological polar surface area (TPSA) is 21.3 Å². The molecule has 2 nitrogen and oxygen atoms in total. The Kier molecular flexibility index (Phi) is 3.50. The van der Waals surface area contributed by atoms with Gasteiger partial charge in [0.05, 0.1) is 11.6 Å². The van der Waals surface area contributed by atoms with Gasteiger partial charge < -0.3 is 10.1 Å². The molecule has 0 aliphatic carbocycles. The number of nitrogens with one attached hydrogen (secondary N) is 1. The zero-order valence-electron chi connectivity index (χ0n) is 9.44. The second-order valence-electron chi connectivity index (χ2n) is 4.07. The zero-order chi connectivity index (χ0) is 11.7. The summed E-state index contributed by atoms with van der Waals surface area (Å²) in [5.41, 5.74) is 1.62. The van der Waals surface area contributed by atoms with Crippen LogP contribution >= 0.6 is 15.9 Å². The summed E-state index contributed by atoms with van der Waals surface area (Å²) in [6, 6.07) is 2.11. The summed E-state index contributed by atoms with van der Waals surface area (Å²) in [5.74, 6) is 0.429. The molecule has 0 amide bonds. The minimum atomic E-state index is -0.237. The lowest BCUT2D eigenvalue weighted by Gasteiger charge is -2.18. The van der Waals surface area contributed by atoms with Gasteiger partial charge in [0, 0.05) is 17.2 Å². The minimum Gasteiger partial charge on any atom is -0.496 e. The molecule has 16 heavy (non-hydrogen) atoms. The van der Waals surface area contributed by atoms with Crippen LogP contribution in [0.1, 0.15) is 30.0 Å². The first kappa shape index (κ1) is 11.9. The number of hydrogen-bond donors (Lipinski definition) is 1. The molecule has 1 atom stereocenters. The van der Waals surface area contributed by atoms with Gasteiger partial charge in [0.2, 0.25) is 0 Å². The lowest BCUT2D eigenvalue weighted by molar-refractivity contribution is 0.395. The van der Waals surface area contributed by atoms with E-state index in [1.54, 1.807) is 14.0 Å². The fourth-order valence-corrected chi connectivity index (χ4v) is 2.78. The Morgan fingerprint density at radius 3 is 2.88 bits per heavy atom. The molecule has 2 rings (SSSR count). The molecular formula is C12H15BrFNO. The highest BCUT2D eigenvalue weighted by Gasteiger charge is 2.23. The number of ether oxygens (including phenoxy) is 1. The number of rotatable bonds is 2. The normalized spacial score (nSPS) is 20.1. The van der Waals surface area contributed by atoms with Crippen LogP contribution in [0.15, 0.2) is 10.5 Å². The summed E-state index contributed by atoms with van der Waals surface area (Å²) in [6.07, 6.45) is 2.23. The van der Waals surface area contributed by atoms with Crippen LogP contribution in [0.2, 0.25) is 0 Å². The number of benzene rings is 1. The molecule has 0 spiro atoms. The Labute approximate surface area is 103 Å². The summed E-state index contributed by atoms with van der Waals surface area (Å²) in [7, 11) is 1.59. The Morgan fingerprint density at radius 2 is 2.31 bits per heavy atom. The summed E-state index contributed by atoms with van der Waals surface area (Å²) < 4.78 is 19.5. The maximum Gasteiger partial charge on any atom is 0.143 e. The first-order valence-electron chi connectivity index (χ1n) is 5.41. The van der Waals surface area contributed by atoms with E-state index in [4.69, 9.17) is 4.74 Å². The summed E-state index contributed by atoms with van der Waals surface area (Å²) in [4.78, 5) is 0. The third-order valence-electron chi connectivity index (χ3n) is 3.06. The van der Waals surface area contributed by atoms with Crippen LogP contribution in [0.5, 0.6) is 5.75 Å². The molecule has 4 heteroatoms. The molecule has 1 aromatic rings. The SMILES string of the molecule is COc1c(C2CCCN2)cc(Br)c(F)c1C. The first-order valence-corrected chi connectivity index (χ1v) is 6.20. The van der Waals surface area contributed by atoms with E-state index in [1.807, 2.05) is 6.07 Å². The molecule has 0 radical (unpaired) electrons. The summed E-state index contributed by atoms with van der Waals surface area (Å²) in [6.45, 7) is 2.76. The monoisotopic (exact) mass is 287 g/mol. The van der Waals surface area contributed by atoms with Crippen LogP contribution in [0, 0.1) is 12.7 Å². The van der Waals surface area contributed by atoms with Crippen molar-refractivity contribution >= 4 is 15.9 Å². The molecular weight excluding hydrogens is 273 g/mol. The zero-order valence-corrected chi connectivity index (χ0v) is 11.0. The maximum absolute atomic E-state index is 13.7. The van der Waals surface area contributed by atoms with E-state index in [0.717, 1.165) is 24.9 Å². The highest BCUT2D eigenvalue weighted by molar-refractivity contribution is 9.10. The Hall–Kier alpha value is -0.610. The van der Waals surface area contributed by atoms with Crippen LogP contribution in [0.25, 0.3) is 0 Å². The average molecular weight is 288 g/mol. The van der Waals surface area contributed by atoms with E-state index >= 15 is 0 Å². The molecule has 1 saturated heterocycles. The van der Waals surface area contributed by atoms with Gasteiger partial charge >= 0.3 is 0 Å². The lowest BCUT2D eigenvalue weighted by atomic mass is 10.0. The molecule has 0 bridgehead atoms. The van der Waals surface area contributed by atoms with E-state index in [9.17, 15) is 4.39 Å². The molecule has 1 aromatic carbocycles. The maximum atomic E-state index is 13.7. The van der Waals surface area contributed by atoms with Crippen LogP contribution < -0.4 is 10.1 Å². The standard InChI is InChI=1S/C12H15BrFNO/c1-7-11(14)9(13)6-8(12(7)16-2)10-4-3-5-15-10/h6,10,15H,3-5H2,1-2H3. The van der Waals surface area contributed by atoms with Gasteiger partial charge in [0.15, 0.2) is 0 Å². The van der Waals surface area contributed by atoms with Gasteiger partial charge in [-0.15, -0.1) is 0 Å². The number of halogens is 2. The quantitative estimate of drug-likeness (QED) is 0.901. The van der Waals surface area contributed by atoms with E-state index < -0.39 is 0 Å². The fourth-order valence-electron chi connectivity index (χ4n) is 2.24. The van der Waals surface area contributed by atoms with E-state index in [2.05, 4.69) is 21.2 Å². The van der Waals surface area contributed by atoms with Gasteiger partial charge in [-0.05, 0) is 48.3 Å². The molecule has 1 heterocycles. The minimum absolute atomic E-state index is 0.237. The second-order valence-corrected chi connectivity index (χ2v) is 4.92. The predicted octanol–water partition coefficient (Wildman–Crippen LogP) is 3.33. The summed E-state index contributed by atoms with van der Waals surface area (Å²) in [5, 5.41) is 3.40. The third-order valence-corrected chi connectivity index (χ3v) is 3.64. The van der Waals surface area contributed by atoms with Crippen LogP contribution in [-0.4, -0.2) is 13.7 Å². The Morgan fingerprint density at radius 1 is 1.56 bits per heavy atom. The van der Waals surface area contributed by atoms with Crippen molar-refractivity contribution in [1.29, 1.82) is 0 Å². The van der Waals surface area contributed by atoms with Gasteiger partial charge in [-0.25, -0.2) is 4.39 Å². The van der Waals surface area contributed by atoms with Gasteiger partial charge in [-0.2, -0.15) is 0 Å².